The molecular weight excluding hydrogens is 290 g/mol. The number of carbonyl (C=O) groups is 1. The van der Waals surface area contributed by atoms with Crippen molar-refractivity contribution in [1.29, 1.82) is 0 Å². The number of rotatable bonds is 6. The first-order valence-corrected chi connectivity index (χ1v) is 8.24. The van der Waals surface area contributed by atoms with Crippen molar-refractivity contribution in [3.8, 4) is 0 Å². The fourth-order valence-corrected chi connectivity index (χ4v) is 3.06. The minimum Gasteiger partial charge on any atom is -0.387 e. The fraction of sp³-hybridized carbons (Fsp3) is 0.267. The minimum absolute atomic E-state index is 0.0649. The summed E-state index contributed by atoms with van der Waals surface area (Å²) in [6, 6.07) is 9.94. The molecule has 0 aliphatic heterocycles. The van der Waals surface area contributed by atoms with Crippen LogP contribution >= 0.6 is 23.1 Å². The largest absolute Gasteiger partial charge is 0.387 e. The van der Waals surface area contributed by atoms with Crippen molar-refractivity contribution in [2.75, 3.05) is 12.3 Å². The number of aliphatic hydroxyl groups is 1. The Morgan fingerprint density at radius 2 is 2.10 bits per heavy atom. The molecule has 1 heterocycles. The Kier molecular flexibility index (Phi) is 5.64. The number of aryl methyl sites for hydroxylation is 1. The van der Waals surface area contributed by atoms with E-state index in [2.05, 4.69) is 5.32 Å². The van der Waals surface area contributed by atoms with Crippen LogP contribution in [0.4, 0.5) is 0 Å². The highest BCUT2D eigenvalue weighted by Crippen LogP contribution is 2.18. The zero-order valence-corrected chi connectivity index (χ0v) is 12.8. The quantitative estimate of drug-likeness (QED) is 0.807. The molecule has 0 radical (unpaired) electrons. The third-order valence-corrected chi connectivity index (χ3v) is 4.52. The van der Waals surface area contributed by atoms with Crippen molar-refractivity contribution in [1.82, 2.24) is 5.32 Å². The van der Waals surface area contributed by atoms with Gasteiger partial charge >= 0.3 is 0 Å². The van der Waals surface area contributed by atoms with E-state index < -0.39 is 6.10 Å². The van der Waals surface area contributed by atoms with Crippen LogP contribution in [0.2, 0.25) is 0 Å². The second-order valence-electron chi connectivity index (χ2n) is 4.48. The van der Waals surface area contributed by atoms with Gasteiger partial charge in [0.15, 0.2) is 0 Å². The van der Waals surface area contributed by atoms with Gasteiger partial charge in [0.25, 0.3) is 0 Å². The summed E-state index contributed by atoms with van der Waals surface area (Å²) in [5.41, 5.74) is 2.05. The van der Waals surface area contributed by atoms with E-state index >= 15 is 0 Å². The summed E-state index contributed by atoms with van der Waals surface area (Å²) < 4.78 is 0. The molecule has 1 atom stereocenters. The monoisotopic (exact) mass is 307 g/mol. The van der Waals surface area contributed by atoms with Crippen molar-refractivity contribution >= 4 is 29.0 Å². The number of carbonyl (C=O) groups excluding carboxylic acids is 1. The molecule has 1 aromatic heterocycles. The number of hydrogen-bond donors (Lipinski definition) is 2. The molecule has 2 aromatic rings. The van der Waals surface area contributed by atoms with Crippen molar-refractivity contribution in [2.24, 2.45) is 0 Å². The van der Waals surface area contributed by atoms with Crippen LogP contribution in [-0.4, -0.2) is 23.3 Å². The van der Waals surface area contributed by atoms with Crippen LogP contribution in [0, 0.1) is 6.92 Å². The highest BCUT2D eigenvalue weighted by Gasteiger charge is 2.10. The number of thiophene rings is 1. The van der Waals surface area contributed by atoms with Crippen molar-refractivity contribution < 1.29 is 9.90 Å². The van der Waals surface area contributed by atoms with Crippen molar-refractivity contribution in [2.45, 2.75) is 17.9 Å². The Balaban J connectivity index is 1.71. The molecule has 0 spiro atoms. The third kappa shape index (κ3) is 4.67. The van der Waals surface area contributed by atoms with E-state index in [9.17, 15) is 9.90 Å². The van der Waals surface area contributed by atoms with E-state index in [1.54, 1.807) is 0 Å². The van der Waals surface area contributed by atoms with Gasteiger partial charge in [0.2, 0.25) is 5.91 Å². The average Bonchev–Trinajstić information content (AvgIpc) is 2.98. The number of thioether (sulfide) groups is 1. The van der Waals surface area contributed by atoms with Gasteiger partial charge in [-0.3, -0.25) is 4.79 Å². The maximum Gasteiger partial charge on any atom is 0.230 e. The van der Waals surface area contributed by atoms with Crippen LogP contribution in [0.1, 0.15) is 17.2 Å². The van der Waals surface area contributed by atoms with Crippen LogP contribution in [0.15, 0.2) is 46.0 Å². The number of amides is 1. The zero-order chi connectivity index (χ0) is 14.4. The molecule has 0 bridgehead atoms. The lowest BCUT2D eigenvalue weighted by atomic mass is 10.2. The van der Waals surface area contributed by atoms with E-state index in [0.717, 1.165) is 10.5 Å². The molecule has 0 aliphatic rings. The molecule has 1 unspecified atom stereocenters. The van der Waals surface area contributed by atoms with Gasteiger partial charge in [0.05, 0.1) is 11.9 Å². The fourth-order valence-electron chi connectivity index (χ4n) is 1.63. The Labute approximate surface area is 127 Å². The summed E-state index contributed by atoms with van der Waals surface area (Å²) in [7, 11) is 0. The Morgan fingerprint density at radius 1 is 1.35 bits per heavy atom. The van der Waals surface area contributed by atoms with Crippen LogP contribution < -0.4 is 5.32 Å². The minimum atomic E-state index is -0.630. The smallest absolute Gasteiger partial charge is 0.230 e. The van der Waals surface area contributed by atoms with Crippen molar-refractivity contribution in [3.05, 3.63) is 52.2 Å². The van der Waals surface area contributed by atoms with E-state index in [1.807, 2.05) is 48.0 Å². The first kappa shape index (κ1) is 15.1. The van der Waals surface area contributed by atoms with Gasteiger partial charge in [0, 0.05) is 11.4 Å². The maximum absolute atomic E-state index is 11.7. The molecule has 5 heteroatoms. The predicted octanol–water partition coefficient (Wildman–Crippen LogP) is 3.00. The summed E-state index contributed by atoms with van der Waals surface area (Å²) in [6.07, 6.45) is -0.630. The van der Waals surface area contributed by atoms with Crippen LogP contribution in [0.25, 0.3) is 0 Å². The van der Waals surface area contributed by atoms with E-state index in [1.165, 1.54) is 28.7 Å². The van der Waals surface area contributed by atoms with E-state index in [-0.39, 0.29) is 12.5 Å². The van der Waals surface area contributed by atoms with Gasteiger partial charge in [-0.05, 0) is 41.4 Å². The molecule has 1 aromatic carbocycles. The van der Waals surface area contributed by atoms with Gasteiger partial charge in [0.1, 0.15) is 0 Å². The number of aliphatic hydroxyl groups excluding tert-OH is 1. The molecule has 0 aliphatic carbocycles. The van der Waals surface area contributed by atoms with Gasteiger partial charge in [-0.15, -0.1) is 11.8 Å². The van der Waals surface area contributed by atoms with Gasteiger partial charge in [-0.1, -0.05) is 17.7 Å². The molecule has 0 fully saturated rings. The SMILES string of the molecule is Cc1ccc(SCC(=O)NCC(O)c2ccsc2)cc1. The molecule has 2 rings (SSSR count). The first-order valence-electron chi connectivity index (χ1n) is 6.31. The Hall–Kier alpha value is -1.30. The highest BCUT2D eigenvalue weighted by molar-refractivity contribution is 8.00. The van der Waals surface area contributed by atoms with E-state index in [0.29, 0.717) is 5.75 Å². The molecule has 0 saturated heterocycles. The molecule has 20 heavy (non-hydrogen) atoms. The summed E-state index contributed by atoms with van der Waals surface area (Å²) in [6.45, 7) is 2.29. The Morgan fingerprint density at radius 3 is 2.75 bits per heavy atom. The zero-order valence-electron chi connectivity index (χ0n) is 11.2. The second-order valence-corrected chi connectivity index (χ2v) is 6.31. The van der Waals surface area contributed by atoms with Crippen LogP contribution in [-0.2, 0) is 4.79 Å². The highest BCUT2D eigenvalue weighted by atomic mass is 32.2. The lowest BCUT2D eigenvalue weighted by Crippen LogP contribution is -2.29. The van der Waals surface area contributed by atoms with Gasteiger partial charge in [-0.2, -0.15) is 11.3 Å². The summed E-state index contributed by atoms with van der Waals surface area (Å²) in [5.74, 6) is 0.296. The standard InChI is InChI=1S/C15H17NO2S2/c1-11-2-4-13(5-3-11)20-10-15(18)16-8-14(17)12-6-7-19-9-12/h2-7,9,14,17H,8,10H2,1H3,(H,16,18). The molecule has 106 valence electrons. The first-order chi connectivity index (χ1) is 9.65. The number of hydrogen-bond acceptors (Lipinski definition) is 4. The molecule has 0 saturated carbocycles. The van der Waals surface area contributed by atoms with Gasteiger partial charge < -0.3 is 10.4 Å². The normalized spacial score (nSPS) is 12.1. The molecule has 2 N–H and O–H groups in total. The van der Waals surface area contributed by atoms with Crippen LogP contribution in [0.3, 0.4) is 0 Å². The third-order valence-electron chi connectivity index (χ3n) is 2.81. The molecule has 1 amide bonds. The predicted molar refractivity (Wildman–Crippen MR) is 84.2 cm³/mol. The summed E-state index contributed by atoms with van der Waals surface area (Å²) in [5, 5.41) is 16.4. The topological polar surface area (TPSA) is 49.3 Å². The molecular formula is C15H17NO2S2. The van der Waals surface area contributed by atoms with Gasteiger partial charge in [-0.25, -0.2) is 0 Å². The summed E-state index contributed by atoms with van der Waals surface area (Å²) in [4.78, 5) is 12.8. The Bertz CT molecular complexity index is 538. The maximum atomic E-state index is 11.7. The van der Waals surface area contributed by atoms with Crippen LogP contribution in [0.5, 0.6) is 0 Å². The lowest BCUT2D eigenvalue weighted by molar-refractivity contribution is -0.119. The lowest BCUT2D eigenvalue weighted by Gasteiger charge is -2.10. The molecule has 3 nitrogen and oxygen atoms in total. The second kappa shape index (κ2) is 7.47. The number of benzene rings is 1. The summed E-state index contributed by atoms with van der Waals surface area (Å²) >= 11 is 3.03. The number of nitrogens with one attached hydrogen (secondary N) is 1. The van der Waals surface area contributed by atoms with E-state index in [4.69, 9.17) is 0 Å². The average molecular weight is 307 g/mol. The van der Waals surface area contributed by atoms with Crippen molar-refractivity contribution in [3.63, 3.8) is 0 Å².